The summed E-state index contributed by atoms with van der Waals surface area (Å²) in [6, 6.07) is 7.39. The molecule has 0 bridgehead atoms. The van der Waals surface area contributed by atoms with Crippen molar-refractivity contribution in [2.24, 2.45) is 4.99 Å². The fraction of sp³-hybridized carbons (Fsp3) is 0.333. The molecule has 0 fully saturated rings. The van der Waals surface area contributed by atoms with Crippen molar-refractivity contribution in [3.8, 4) is 0 Å². The third-order valence-corrected chi connectivity index (χ3v) is 4.51. The molecule has 18 heavy (non-hydrogen) atoms. The molecule has 96 valence electrons. The molecule has 1 unspecified atom stereocenters. The number of rotatable bonds is 2. The van der Waals surface area contributed by atoms with Gasteiger partial charge in [0.15, 0.2) is 5.17 Å². The fourth-order valence-electron chi connectivity index (χ4n) is 1.57. The van der Waals surface area contributed by atoms with Crippen LogP contribution in [0.15, 0.2) is 29.3 Å². The topological polar surface area (TPSA) is 67.5 Å². The summed E-state index contributed by atoms with van der Waals surface area (Å²) in [4.78, 5) is 4.95. The normalized spacial score (nSPS) is 19.2. The number of thiocarbonyl (C=S) groups is 1. The van der Waals surface area contributed by atoms with E-state index < -0.39 is 16.3 Å². The largest absolute Gasteiger partial charge is 0.398 e. The first kappa shape index (κ1) is 13.2. The van der Waals surface area contributed by atoms with Gasteiger partial charge in [-0.25, -0.2) is 4.99 Å². The maximum atomic E-state index is 12.2. The van der Waals surface area contributed by atoms with Gasteiger partial charge in [0.1, 0.15) is 10.5 Å². The summed E-state index contributed by atoms with van der Waals surface area (Å²) in [6.45, 7) is 3.78. The van der Waals surface area contributed by atoms with Crippen LogP contribution in [0.5, 0.6) is 0 Å². The van der Waals surface area contributed by atoms with Crippen LogP contribution >= 0.6 is 12.2 Å². The Balaban J connectivity index is 2.16. The van der Waals surface area contributed by atoms with E-state index in [9.17, 15) is 4.21 Å². The maximum Gasteiger partial charge on any atom is 0.193 e. The van der Waals surface area contributed by atoms with Gasteiger partial charge in [0.2, 0.25) is 0 Å². The van der Waals surface area contributed by atoms with Crippen molar-refractivity contribution in [3.63, 3.8) is 0 Å². The minimum Gasteiger partial charge on any atom is -0.398 e. The zero-order valence-electron chi connectivity index (χ0n) is 10.3. The van der Waals surface area contributed by atoms with Gasteiger partial charge < -0.3 is 11.1 Å². The van der Waals surface area contributed by atoms with Gasteiger partial charge in [-0.05, 0) is 25.5 Å². The predicted octanol–water partition coefficient (Wildman–Crippen LogP) is 1.58. The molecule has 3 N–H and O–H groups in total. The second-order valence-electron chi connectivity index (χ2n) is 4.62. The lowest BCUT2D eigenvalue weighted by Gasteiger charge is -2.10. The summed E-state index contributed by atoms with van der Waals surface area (Å²) in [6.07, 6.45) is 0. The summed E-state index contributed by atoms with van der Waals surface area (Å²) in [5.41, 5.74) is 6.86. The molecule has 4 nitrogen and oxygen atoms in total. The first-order valence-electron chi connectivity index (χ1n) is 5.53. The van der Waals surface area contributed by atoms with Crippen molar-refractivity contribution >= 4 is 38.9 Å². The summed E-state index contributed by atoms with van der Waals surface area (Å²) >= 11 is 5.16. The van der Waals surface area contributed by atoms with Crippen LogP contribution in [-0.2, 0) is 16.6 Å². The monoisotopic (exact) mass is 281 g/mol. The van der Waals surface area contributed by atoms with E-state index in [1.54, 1.807) is 6.07 Å². The molecule has 2 rings (SSSR count). The molecular weight excluding hydrogens is 266 g/mol. The van der Waals surface area contributed by atoms with Gasteiger partial charge in [0, 0.05) is 5.69 Å². The number of amidine groups is 1. The highest BCUT2D eigenvalue weighted by Gasteiger charge is 2.32. The first-order chi connectivity index (χ1) is 8.40. The molecule has 1 aromatic rings. The van der Waals surface area contributed by atoms with E-state index in [1.165, 1.54) is 0 Å². The average Bonchev–Trinajstić information content (AvgIpc) is 2.57. The van der Waals surface area contributed by atoms with Gasteiger partial charge in [-0.15, -0.1) is 0 Å². The van der Waals surface area contributed by atoms with E-state index in [1.807, 2.05) is 32.0 Å². The summed E-state index contributed by atoms with van der Waals surface area (Å²) in [5, 5.41) is 3.36. The maximum absolute atomic E-state index is 12.2. The van der Waals surface area contributed by atoms with Gasteiger partial charge in [0.05, 0.1) is 16.6 Å². The number of hydrogen-bond donors (Lipinski definition) is 2. The standard InChI is InChI=1S/C12H15N3OS2/c1-12(2)10(17)14-11(15-12)18(16)7-8-5-3-4-6-9(8)13/h3-6H,7,13H2,1-2H3,(H,14,15,17). The number of nitrogens with zero attached hydrogens (tertiary/aromatic N) is 1. The highest BCUT2D eigenvalue weighted by atomic mass is 32.2. The summed E-state index contributed by atoms with van der Waals surface area (Å²) in [5.74, 6) is 0.344. The molecule has 1 aliphatic heterocycles. The molecule has 0 saturated heterocycles. The number of para-hydroxylation sites is 1. The molecule has 0 aliphatic carbocycles. The molecule has 0 radical (unpaired) electrons. The van der Waals surface area contributed by atoms with Crippen molar-refractivity contribution in [2.75, 3.05) is 5.73 Å². The van der Waals surface area contributed by atoms with Crippen LogP contribution < -0.4 is 11.1 Å². The van der Waals surface area contributed by atoms with Crippen LogP contribution in [0.4, 0.5) is 5.69 Å². The number of nitrogens with one attached hydrogen (secondary N) is 1. The Morgan fingerprint density at radius 3 is 2.67 bits per heavy atom. The Kier molecular flexibility index (Phi) is 3.49. The Morgan fingerprint density at radius 2 is 2.11 bits per heavy atom. The van der Waals surface area contributed by atoms with E-state index in [0.717, 1.165) is 5.56 Å². The van der Waals surface area contributed by atoms with Crippen molar-refractivity contribution in [3.05, 3.63) is 29.8 Å². The minimum absolute atomic E-state index is 0.344. The second kappa shape index (κ2) is 4.78. The fourth-order valence-corrected chi connectivity index (χ4v) is 3.00. The Hall–Kier alpha value is -1.27. The highest BCUT2D eigenvalue weighted by Crippen LogP contribution is 2.19. The first-order valence-corrected chi connectivity index (χ1v) is 7.26. The van der Waals surface area contributed by atoms with E-state index in [-0.39, 0.29) is 0 Å². The van der Waals surface area contributed by atoms with Gasteiger partial charge in [-0.3, -0.25) is 4.21 Å². The molecular formula is C12H15N3OS2. The number of nitrogen functional groups attached to an aromatic ring is 1. The molecule has 0 spiro atoms. The second-order valence-corrected chi connectivity index (χ2v) is 6.39. The predicted molar refractivity (Wildman–Crippen MR) is 79.9 cm³/mol. The lowest BCUT2D eigenvalue weighted by atomic mass is 10.1. The third kappa shape index (κ3) is 2.59. The van der Waals surface area contributed by atoms with Crippen LogP contribution in [0.1, 0.15) is 19.4 Å². The summed E-state index contributed by atoms with van der Waals surface area (Å²) in [7, 11) is -1.25. The van der Waals surface area contributed by atoms with Crippen LogP contribution in [-0.4, -0.2) is 19.9 Å². The minimum atomic E-state index is -1.25. The van der Waals surface area contributed by atoms with Gasteiger partial charge >= 0.3 is 0 Å². The van der Waals surface area contributed by atoms with Crippen LogP contribution in [0, 0.1) is 0 Å². The number of benzene rings is 1. The third-order valence-electron chi connectivity index (χ3n) is 2.71. The lowest BCUT2D eigenvalue weighted by molar-refractivity contribution is 0.688. The van der Waals surface area contributed by atoms with Crippen LogP contribution in [0.2, 0.25) is 0 Å². The number of aliphatic imine (C=N–C) groups is 1. The number of hydrogen-bond acceptors (Lipinski definition) is 4. The lowest BCUT2D eigenvalue weighted by Crippen LogP contribution is -2.34. The van der Waals surface area contributed by atoms with E-state index in [2.05, 4.69) is 10.3 Å². The number of nitrogens with two attached hydrogens (primary N) is 1. The molecule has 6 heteroatoms. The molecule has 1 aromatic carbocycles. The Bertz CT molecular complexity index is 552. The quantitative estimate of drug-likeness (QED) is 0.638. The van der Waals surface area contributed by atoms with E-state index in [4.69, 9.17) is 18.0 Å². The number of anilines is 1. The van der Waals surface area contributed by atoms with Crippen molar-refractivity contribution in [1.82, 2.24) is 5.32 Å². The van der Waals surface area contributed by atoms with Crippen molar-refractivity contribution in [2.45, 2.75) is 25.1 Å². The Morgan fingerprint density at radius 1 is 1.44 bits per heavy atom. The zero-order valence-corrected chi connectivity index (χ0v) is 11.9. The highest BCUT2D eigenvalue weighted by molar-refractivity contribution is 8.00. The smallest absolute Gasteiger partial charge is 0.193 e. The summed E-state index contributed by atoms with van der Waals surface area (Å²) < 4.78 is 12.2. The molecule has 0 amide bonds. The zero-order chi connectivity index (χ0) is 13.3. The van der Waals surface area contributed by atoms with Gasteiger partial charge in [-0.1, -0.05) is 30.4 Å². The molecule has 1 atom stereocenters. The van der Waals surface area contributed by atoms with E-state index in [0.29, 0.717) is 21.6 Å². The SMILES string of the molecule is CC1(C)N=C(S(=O)Cc2ccccc2N)NC1=S. The van der Waals surface area contributed by atoms with Crippen LogP contribution in [0.25, 0.3) is 0 Å². The average molecular weight is 281 g/mol. The van der Waals surface area contributed by atoms with Gasteiger partial charge in [0.25, 0.3) is 0 Å². The Labute approximate surface area is 114 Å². The molecule has 1 heterocycles. The molecule has 1 aliphatic rings. The van der Waals surface area contributed by atoms with Crippen molar-refractivity contribution in [1.29, 1.82) is 0 Å². The molecule has 0 saturated carbocycles. The molecule has 0 aromatic heterocycles. The van der Waals surface area contributed by atoms with Crippen LogP contribution in [0.3, 0.4) is 0 Å². The van der Waals surface area contributed by atoms with Crippen molar-refractivity contribution < 1.29 is 4.21 Å². The van der Waals surface area contributed by atoms with E-state index >= 15 is 0 Å². The van der Waals surface area contributed by atoms with Gasteiger partial charge in [-0.2, -0.15) is 0 Å².